The second kappa shape index (κ2) is 2.72. The van der Waals surface area contributed by atoms with Crippen LogP contribution in [0.2, 0.25) is 0 Å². The topological polar surface area (TPSA) is 20.2 Å². The van der Waals surface area contributed by atoms with E-state index >= 15 is 0 Å². The zero-order valence-electron chi connectivity index (χ0n) is 3.44. The van der Waals surface area contributed by atoms with Crippen molar-refractivity contribution in [3.05, 3.63) is 0 Å². The minimum absolute atomic E-state index is 0. The largest absolute Gasteiger partial charge is 1.00 e. The second-order valence-electron chi connectivity index (χ2n) is 1.23. The molecule has 0 aromatic heterocycles. The molecule has 1 rings (SSSR count). The molecule has 2 heteroatoms. The van der Waals surface area contributed by atoms with Crippen molar-refractivity contribution in [3.63, 3.8) is 0 Å². The van der Waals surface area contributed by atoms with Gasteiger partial charge in [-0.2, -0.15) is 0 Å². The Morgan fingerprint density at radius 3 is 1.60 bits per heavy atom. The van der Waals surface area contributed by atoms with Gasteiger partial charge in [-0.15, -0.1) is 0 Å². The van der Waals surface area contributed by atoms with E-state index < -0.39 is 0 Å². The summed E-state index contributed by atoms with van der Waals surface area (Å²) in [6.45, 7) is 0. The summed E-state index contributed by atoms with van der Waals surface area (Å²) in [6, 6.07) is 0. The Morgan fingerprint density at radius 1 is 1.40 bits per heavy atom. The van der Waals surface area contributed by atoms with Crippen molar-refractivity contribution in [2.45, 2.75) is 18.9 Å². The van der Waals surface area contributed by atoms with Gasteiger partial charge < -0.3 is 5.11 Å². The van der Waals surface area contributed by atoms with Crippen molar-refractivity contribution in [2.24, 2.45) is 0 Å². The minimum atomic E-state index is 0. The van der Waals surface area contributed by atoms with Crippen LogP contribution in [0.25, 0.3) is 0 Å². The molecular weight excluding hydrogens is 91.1 g/mol. The van der Waals surface area contributed by atoms with E-state index in [9.17, 15) is 0 Å². The standard InChI is InChI=1S/C3H6O.K/c4-3-1-2-3;/h3-4H,1-2H2;/q;+1. The molecule has 1 aliphatic rings. The maximum absolute atomic E-state index is 8.17. The number of rotatable bonds is 0. The average Bonchev–Trinajstić information content (AvgIpc) is 1.75. The molecular formula is C3H6KO+. The monoisotopic (exact) mass is 97.0 g/mol. The van der Waals surface area contributed by atoms with Crippen LogP contribution in [0.4, 0.5) is 0 Å². The van der Waals surface area contributed by atoms with Crippen molar-refractivity contribution in [1.29, 1.82) is 0 Å². The van der Waals surface area contributed by atoms with Gasteiger partial charge in [0, 0.05) is 0 Å². The Morgan fingerprint density at radius 2 is 1.60 bits per heavy atom. The number of aliphatic hydroxyl groups excluding tert-OH is 1. The van der Waals surface area contributed by atoms with Crippen LogP contribution in [-0.2, 0) is 0 Å². The molecule has 1 aliphatic carbocycles. The van der Waals surface area contributed by atoms with E-state index in [1.54, 1.807) is 0 Å². The van der Waals surface area contributed by atoms with Crippen molar-refractivity contribution < 1.29 is 56.5 Å². The summed E-state index contributed by atoms with van der Waals surface area (Å²) in [4.78, 5) is 0. The molecule has 5 heavy (non-hydrogen) atoms. The predicted octanol–water partition coefficient (Wildman–Crippen LogP) is -2.85. The van der Waals surface area contributed by atoms with Gasteiger partial charge in [0.2, 0.25) is 0 Å². The van der Waals surface area contributed by atoms with Gasteiger partial charge in [-0.05, 0) is 12.8 Å². The van der Waals surface area contributed by atoms with Crippen LogP contribution in [0.3, 0.4) is 0 Å². The van der Waals surface area contributed by atoms with E-state index in [4.69, 9.17) is 5.11 Å². The van der Waals surface area contributed by atoms with Crippen LogP contribution >= 0.6 is 0 Å². The summed E-state index contributed by atoms with van der Waals surface area (Å²) in [5, 5.41) is 8.17. The number of hydrogen-bond acceptors (Lipinski definition) is 1. The van der Waals surface area contributed by atoms with Crippen LogP contribution < -0.4 is 51.4 Å². The van der Waals surface area contributed by atoms with E-state index in [0.717, 1.165) is 12.8 Å². The van der Waals surface area contributed by atoms with Gasteiger partial charge in [-0.3, -0.25) is 0 Å². The van der Waals surface area contributed by atoms with Gasteiger partial charge in [0.15, 0.2) is 0 Å². The first-order valence-electron chi connectivity index (χ1n) is 1.57. The van der Waals surface area contributed by atoms with Gasteiger partial charge >= 0.3 is 51.4 Å². The molecule has 0 bridgehead atoms. The molecule has 0 atom stereocenters. The molecule has 0 aromatic rings. The van der Waals surface area contributed by atoms with Gasteiger partial charge in [-0.25, -0.2) is 0 Å². The molecule has 24 valence electrons. The molecule has 0 radical (unpaired) electrons. The normalized spacial score (nSPS) is 21.0. The van der Waals surface area contributed by atoms with Crippen molar-refractivity contribution in [1.82, 2.24) is 0 Å². The molecule has 1 nitrogen and oxygen atoms in total. The van der Waals surface area contributed by atoms with Crippen LogP contribution in [0.5, 0.6) is 0 Å². The molecule has 0 saturated heterocycles. The smallest absolute Gasteiger partial charge is 0.393 e. The fraction of sp³-hybridized carbons (Fsp3) is 1.00. The summed E-state index contributed by atoms with van der Waals surface area (Å²) in [6.07, 6.45) is 2.17. The summed E-state index contributed by atoms with van der Waals surface area (Å²) < 4.78 is 0. The predicted molar refractivity (Wildman–Crippen MR) is 15.2 cm³/mol. The van der Waals surface area contributed by atoms with E-state index in [0.29, 0.717) is 0 Å². The van der Waals surface area contributed by atoms with Crippen LogP contribution in [-0.4, -0.2) is 11.2 Å². The van der Waals surface area contributed by atoms with Gasteiger partial charge in [0.25, 0.3) is 0 Å². The molecule has 1 fully saturated rings. The Balaban J connectivity index is 0.000000160. The zero-order chi connectivity index (χ0) is 2.99. The molecule has 1 saturated carbocycles. The molecule has 0 heterocycles. The fourth-order valence-electron chi connectivity index (χ4n) is 0.0745. The van der Waals surface area contributed by atoms with Gasteiger partial charge in [-0.1, -0.05) is 0 Å². The number of aliphatic hydroxyl groups is 1. The molecule has 0 amide bonds. The van der Waals surface area contributed by atoms with Gasteiger partial charge in [0.1, 0.15) is 0 Å². The Labute approximate surface area is 74.2 Å². The van der Waals surface area contributed by atoms with Crippen molar-refractivity contribution in [3.8, 4) is 0 Å². The molecule has 0 aromatic carbocycles. The molecule has 1 N–H and O–H groups in total. The van der Waals surface area contributed by atoms with Crippen molar-refractivity contribution >= 4 is 0 Å². The van der Waals surface area contributed by atoms with E-state index in [1.807, 2.05) is 0 Å². The molecule has 0 spiro atoms. The SMILES string of the molecule is OC1CC1.[K+]. The van der Waals surface area contributed by atoms with Crippen LogP contribution in [0.15, 0.2) is 0 Å². The van der Waals surface area contributed by atoms with E-state index in [2.05, 4.69) is 0 Å². The Hall–Kier alpha value is 1.60. The maximum atomic E-state index is 8.17. The maximum Gasteiger partial charge on any atom is 1.00 e. The first-order valence-corrected chi connectivity index (χ1v) is 1.57. The number of hydrogen-bond donors (Lipinski definition) is 1. The fourth-order valence-corrected chi connectivity index (χ4v) is 0.0745. The molecule has 0 aliphatic heterocycles. The Kier molecular flexibility index (Phi) is 3.58. The third-order valence-corrected chi connectivity index (χ3v) is 0.547. The van der Waals surface area contributed by atoms with E-state index in [-0.39, 0.29) is 57.5 Å². The first-order chi connectivity index (χ1) is 1.89. The third kappa shape index (κ3) is 3.43. The summed E-state index contributed by atoms with van der Waals surface area (Å²) in [5.41, 5.74) is 0. The van der Waals surface area contributed by atoms with Crippen LogP contribution in [0, 0.1) is 0 Å². The first kappa shape index (κ1) is 6.60. The van der Waals surface area contributed by atoms with Crippen LogP contribution in [0.1, 0.15) is 12.8 Å². The zero-order valence-corrected chi connectivity index (χ0v) is 6.56. The second-order valence-corrected chi connectivity index (χ2v) is 1.23. The average molecular weight is 97.2 g/mol. The Bertz CT molecular complexity index is 26.1. The quantitative estimate of drug-likeness (QED) is 0.322. The van der Waals surface area contributed by atoms with Gasteiger partial charge in [0.05, 0.1) is 6.10 Å². The summed E-state index contributed by atoms with van der Waals surface area (Å²) in [7, 11) is 0. The van der Waals surface area contributed by atoms with Crippen molar-refractivity contribution in [2.75, 3.05) is 0 Å². The summed E-state index contributed by atoms with van der Waals surface area (Å²) in [5.74, 6) is 0. The molecule has 0 unspecified atom stereocenters. The van der Waals surface area contributed by atoms with E-state index in [1.165, 1.54) is 0 Å². The minimum Gasteiger partial charge on any atom is -0.393 e. The summed E-state index contributed by atoms with van der Waals surface area (Å²) >= 11 is 0. The third-order valence-electron chi connectivity index (χ3n) is 0.547.